The summed E-state index contributed by atoms with van der Waals surface area (Å²) >= 11 is 5.43. The lowest BCUT2D eigenvalue weighted by atomic mass is 9.81. The van der Waals surface area contributed by atoms with Crippen LogP contribution in [0.15, 0.2) is 18.2 Å². The molecule has 0 aromatic heterocycles. The van der Waals surface area contributed by atoms with Gasteiger partial charge in [-0.3, -0.25) is 4.79 Å². The van der Waals surface area contributed by atoms with Gasteiger partial charge in [0.1, 0.15) is 5.88 Å². The summed E-state index contributed by atoms with van der Waals surface area (Å²) in [6, 6.07) is 5.86. The van der Waals surface area contributed by atoms with Crippen molar-refractivity contribution in [1.29, 1.82) is 0 Å². The lowest BCUT2D eigenvalue weighted by molar-refractivity contribution is -0.119. The highest BCUT2D eigenvalue weighted by Gasteiger charge is 2.27. The zero-order chi connectivity index (χ0) is 16.1. The number of fused-ring (bicyclic) bond motifs is 1. The Morgan fingerprint density at radius 2 is 2.41 bits per heavy atom. The minimum absolute atomic E-state index is 0.0820. The van der Waals surface area contributed by atoms with Crippen LogP contribution in [0.4, 0.5) is 0 Å². The van der Waals surface area contributed by atoms with Crippen molar-refractivity contribution in [3.63, 3.8) is 0 Å². The number of hydrogen-bond donors (Lipinski definition) is 2. The fraction of sp³-hybridized carbons (Fsp3) is 0.467. The van der Waals surface area contributed by atoms with Crippen LogP contribution in [-0.4, -0.2) is 48.4 Å². The Bertz CT molecular complexity index is 556. The Morgan fingerprint density at radius 1 is 1.64 bits per heavy atom. The highest BCUT2D eigenvalue weighted by Crippen LogP contribution is 2.32. The molecule has 2 atom stereocenters. The Labute approximate surface area is 135 Å². The van der Waals surface area contributed by atoms with Crippen LogP contribution >= 0.6 is 11.6 Å². The zero-order valence-corrected chi connectivity index (χ0v) is 13.2. The molecular formula is C15H19BClN2O3. The maximum atomic E-state index is 11.2. The number of hydrogen-bond acceptors (Lipinski definition) is 4. The summed E-state index contributed by atoms with van der Waals surface area (Å²) in [5.74, 6) is -0.418. The average molecular weight is 322 g/mol. The van der Waals surface area contributed by atoms with Gasteiger partial charge in [0.2, 0.25) is 5.91 Å². The van der Waals surface area contributed by atoms with Crippen molar-refractivity contribution in [1.82, 2.24) is 10.1 Å². The third-order valence-electron chi connectivity index (χ3n) is 4.04. The molecule has 0 saturated carbocycles. The van der Waals surface area contributed by atoms with Crippen LogP contribution in [0, 0.1) is 0 Å². The van der Waals surface area contributed by atoms with E-state index in [0.717, 1.165) is 35.8 Å². The molecule has 1 amide bonds. The molecule has 22 heavy (non-hydrogen) atoms. The Hall–Kier alpha value is -1.37. The molecule has 2 rings (SSSR count). The van der Waals surface area contributed by atoms with Crippen molar-refractivity contribution in [2.24, 2.45) is 0 Å². The summed E-state index contributed by atoms with van der Waals surface area (Å²) in [6.07, 6.45) is 0.777. The first kappa shape index (κ1) is 17.0. The molecule has 2 N–H and O–H groups in total. The van der Waals surface area contributed by atoms with Crippen LogP contribution in [0.25, 0.3) is 0 Å². The second-order valence-corrected chi connectivity index (χ2v) is 5.58. The number of rotatable bonds is 6. The number of amides is 1. The number of carbonyl (C=O) groups is 2. The summed E-state index contributed by atoms with van der Waals surface area (Å²) in [4.78, 5) is 23.9. The molecule has 1 heterocycles. The fourth-order valence-electron chi connectivity index (χ4n) is 2.88. The van der Waals surface area contributed by atoms with Gasteiger partial charge in [0.25, 0.3) is 7.41 Å². The predicted molar refractivity (Wildman–Crippen MR) is 86.5 cm³/mol. The number of alkyl halides is 1. The molecule has 0 spiro atoms. The van der Waals surface area contributed by atoms with E-state index >= 15 is 0 Å². The van der Waals surface area contributed by atoms with Crippen molar-refractivity contribution < 1.29 is 14.7 Å². The number of aliphatic hydroxyl groups excluding tert-OH is 1. The largest absolute Gasteiger partial charge is 0.387 e. The highest BCUT2D eigenvalue weighted by molar-refractivity contribution is 6.64. The monoisotopic (exact) mass is 321 g/mol. The predicted octanol–water partition coefficient (Wildman–Crippen LogP) is 0.803. The lowest BCUT2D eigenvalue weighted by Gasteiger charge is -2.35. The van der Waals surface area contributed by atoms with Crippen molar-refractivity contribution in [3.05, 3.63) is 34.9 Å². The van der Waals surface area contributed by atoms with Crippen molar-refractivity contribution in [2.75, 3.05) is 19.0 Å². The third-order valence-corrected chi connectivity index (χ3v) is 4.28. The average Bonchev–Trinajstić information content (AvgIpc) is 2.54. The van der Waals surface area contributed by atoms with E-state index in [2.05, 4.69) is 5.32 Å². The van der Waals surface area contributed by atoms with Crippen LogP contribution in [0.5, 0.6) is 0 Å². The van der Waals surface area contributed by atoms with Gasteiger partial charge in [0, 0.05) is 12.6 Å². The first-order valence-corrected chi connectivity index (χ1v) is 7.78. The van der Waals surface area contributed by atoms with Gasteiger partial charge in [-0.05, 0) is 36.6 Å². The maximum Gasteiger partial charge on any atom is 0.293 e. The van der Waals surface area contributed by atoms with E-state index in [1.54, 1.807) is 7.41 Å². The first-order chi connectivity index (χ1) is 10.6. The van der Waals surface area contributed by atoms with Gasteiger partial charge < -0.3 is 20.0 Å². The summed E-state index contributed by atoms with van der Waals surface area (Å²) in [7, 11) is 1.55. The van der Waals surface area contributed by atoms with Gasteiger partial charge in [-0.2, -0.15) is 0 Å². The van der Waals surface area contributed by atoms with Gasteiger partial charge >= 0.3 is 0 Å². The number of carbonyl (C=O) groups excluding carboxylic acids is 2. The van der Waals surface area contributed by atoms with Crippen LogP contribution in [0.1, 0.15) is 35.8 Å². The minimum atomic E-state index is -0.768. The second kappa shape index (κ2) is 7.76. The summed E-state index contributed by atoms with van der Waals surface area (Å²) < 4.78 is 0. The molecule has 0 fully saturated rings. The summed E-state index contributed by atoms with van der Waals surface area (Å²) in [5.41, 5.74) is 3.02. The van der Waals surface area contributed by atoms with Crippen LogP contribution in [-0.2, 0) is 16.0 Å². The first-order valence-electron chi connectivity index (χ1n) is 7.25. The molecule has 1 aliphatic heterocycles. The fourth-order valence-corrected chi connectivity index (χ4v) is 2.97. The second-order valence-electron chi connectivity index (χ2n) is 5.32. The van der Waals surface area contributed by atoms with E-state index in [0.29, 0.717) is 0 Å². The Kier molecular flexibility index (Phi) is 6.00. The third kappa shape index (κ3) is 3.69. The van der Waals surface area contributed by atoms with E-state index in [9.17, 15) is 14.7 Å². The molecule has 1 aromatic carbocycles. The van der Waals surface area contributed by atoms with Crippen LogP contribution < -0.4 is 5.32 Å². The quantitative estimate of drug-likeness (QED) is 0.462. The molecule has 0 aliphatic carbocycles. The van der Waals surface area contributed by atoms with E-state index in [1.807, 2.05) is 29.9 Å². The molecular weight excluding hydrogens is 302 g/mol. The molecule has 1 unspecified atom stereocenters. The molecule has 0 saturated heterocycles. The van der Waals surface area contributed by atoms with Crippen molar-refractivity contribution in [2.45, 2.75) is 25.5 Å². The minimum Gasteiger partial charge on any atom is -0.387 e. The van der Waals surface area contributed by atoms with Crippen LogP contribution in [0.2, 0.25) is 0 Å². The Morgan fingerprint density at radius 3 is 3.09 bits per heavy atom. The Balaban J connectivity index is 2.18. The SMILES string of the molecule is C[C@H]1c2cccc(C(O)CNC(=O)CCl)c2CCN1[B]C=O. The van der Waals surface area contributed by atoms with Crippen LogP contribution in [0.3, 0.4) is 0 Å². The highest BCUT2D eigenvalue weighted by atomic mass is 35.5. The van der Waals surface area contributed by atoms with Gasteiger partial charge in [-0.25, -0.2) is 0 Å². The van der Waals surface area contributed by atoms with Gasteiger partial charge in [0.15, 0.2) is 0 Å². The molecule has 117 valence electrons. The van der Waals surface area contributed by atoms with Gasteiger partial charge in [-0.1, -0.05) is 18.2 Å². The van der Waals surface area contributed by atoms with E-state index < -0.39 is 6.10 Å². The number of nitrogens with zero attached hydrogens (tertiary/aromatic N) is 1. The molecule has 5 nitrogen and oxygen atoms in total. The zero-order valence-electron chi connectivity index (χ0n) is 12.5. The normalized spacial score (nSPS) is 19.1. The number of halogens is 1. The topological polar surface area (TPSA) is 69.6 Å². The summed E-state index contributed by atoms with van der Waals surface area (Å²) in [6.45, 7) is 2.90. The molecule has 7 heteroatoms. The van der Waals surface area contributed by atoms with Gasteiger partial charge in [0.05, 0.1) is 12.3 Å². The van der Waals surface area contributed by atoms with Crippen molar-refractivity contribution in [3.8, 4) is 0 Å². The smallest absolute Gasteiger partial charge is 0.293 e. The van der Waals surface area contributed by atoms with E-state index in [4.69, 9.17) is 11.6 Å². The number of benzene rings is 1. The molecule has 0 bridgehead atoms. The molecule has 1 radical (unpaired) electrons. The van der Waals surface area contributed by atoms with E-state index in [1.165, 1.54) is 0 Å². The lowest BCUT2D eigenvalue weighted by Crippen LogP contribution is -2.38. The summed E-state index contributed by atoms with van der Waals surface area (Å²) in [5, 5.41) is 12.9. The molecule has 1 aliphatic rings. The standard InChI is InChI=1S/C15H19BClN2O3/c1-10-11-3-2-4-13(14(21)8-18-15(22)7-17)12(11)5-6-19(10)16-9-20/h2-4,9-10,14,21H,5-8H2,1H3,(H,18,22)/t10-,14?/m0/s1. The number of aliphatic hydroxyl groups is 1. The number of nitrogens with one attached hydrogen (secondary N) is 1. The van der Waals surface area contributed by atoms with Gasteiger partial charge in [-0.15, -0.1) is 11.6 Å². The molecule has 1 aromatic rings. The maximum absolute atomic E-state index is 11.2. The van der Waals surface area contributed by atoms with E-state index in [-0.39, 0.29) is 24.4 Å². The van der Waals surface area contributed by atoms with Crippen molar-refractivity contribution >= 4 is 31.1 Å².